The summed E-state index contributed by atoms with van der Waals surface area (Å²) in [6.07, 6.45) is 5.80. The lowest BCUT2D eigenvalue weighted by Crippen LogP contribution is -2.57. The van der Waals surface area contributed by atoms with E-state index in [4.69, 9.17) is 9.73 Å². The van der Waals surface area contributed by atoms with Crippen molar-refractivity contribution in [3.8, 4) is 5.75 Å². The molecule has 8 nitrogen and oxygen atoms in total. The monoisotopic (exact) mass is 574 g/mol. The van der Waals surface area contributed by atoms with Gasteiger partial charge in [-0.05, 0) is 86.6 Å². The quantitative estimate of drug-likeness (QED) is 0.316. The average molecular weight is 575 g/mol. The van der Waals surface area contributed by atoms with E-state index in [0.29, 0.717) is 59.2 Å². The number of guanidine groups is 1. The summed E-state index contributed by atoms with van der Waals surface area (Å²) in [5.74, 6) is 2.43. The molecule has 3 aromatic rings. The highest BCUT2D eigenvalue weighted by Gasteiger charge is 2.53. The number of nitrogens with zero attached hydrogens (tertiary/aromatic N) is 4. The van der Waals surface area contributed by atoms with E-state index >= 15 is 0 Å². The number of aryl methyl sites for hydroxylation is 2. The van der Waals surface area contributed by atoms with Crippen LogP contribution in [0.5, 0.6) is 5.75 Å². The van der Waals surface area contributed by atoms with E-state index in [1.165, 1.54) is 32.4 Å². The summed E-state index contributed by atoms with van der Waals surface area (Å²) >= 11 is 0. The first-order valence-electron chi connectivity index (χ1n) is 15.3. The molecule has 0 amide bonds. The molecule has 9 heteroatoms. The Bertz CT molecular complexity index is 1540. The Morgan fingerprint density at radius 1 is 1.17 bits per heavy atom. The summed E-state index contributed by atoms with van der Waals surface area (Å²) in [5.41, 5.74) is 2.07. The first kappa shape index (κ1) is 28.6. The number of anilines is 1. The van der Waals surface area contributed by atoms with Crippen molar-refractivity contribution in [3.05, 3.63) is 64.5 Å². The summed E-state index contributed by atoms with van der Waals surface area (Å²) in [4.78, 5) is 25.8. The second-order valence-electron chi connectivity index (χ2n) is 13.2. The lowest BCUT2D eigenvalue weighted by atomic mass is 9.73. The minimum Gasteiger partial charge on any atom is -0.497 e. The van der Waals surface area contributed by atoms with Crippen LogP contribution in [0.15, 0.2) is 52.5 Å². The van der Waals surface area contributed by atoms with Crippen molar-refractivity contribution in [2.45, 2.75) is 78.0 Å². The smallest absolute Gasteiger partial charge is 0.261 e. The van der Waals surface area contributed by atoms with Gasteiger partial charge in [0, 0.05) is 43.5 Å². The van der Waals surface area contributed by atoms with Crippen molar-refractivity contribution in [2.24, 2.45) is 22.2 Å². The molecule has 2 bridgehead atoms. The molecule has 2 aliphatic carbocycles. The number of halogens is 1. The van der Waals surface area contributed by atoms with Crippen LogP contribution in [0.1, 0.15) is 52.5 Å². The highest BCUT2D eigenvalue weighted by molar-refractivity contribution is 5.96. The summed E-state index contributed by atoms with van der Waals surface area (Å²) in [6.45, 7) is 11.3. The van der Waals surface area contributed by atoms with Crippen molar-refractivity contribution < 1.29 is 9.13 Å². The molecule has 5 atom stereocenters. The Morgan fingerprint density at radius 3 is 2.64 bits per heavy atom. The molecule has 2 N–H and O–H groups in total. The number of benzene rings is 2. The molecule has 0 radical (unpaired) electrons. The fraction of sp³-hybridized carbons (Fsp3) is 0.545. The fourth-order valence-electron chi connectivity index (χ4n) is 7.55. The van der Waals surface area contributed by atoms with E-state index in [2.05, 4.69) is 48.2 Å². The van der Waals surface area contributed by atoms with Gasteiger partial charge in [-0.1, -0.05) is 19.9 Å². The molecule has 0 spiro atoms. The van der Waals surface area contributed by atoms with Crippen molar-refractivity contribution in [1.29, 1.82) is 0 Å². The minimum atomic E-state index is -0.341. The highest BCUT2D eigenvalue weighted by atomic mass is 19.1. The molecular formula is C33H43FN6O2. The van der Waals surface area contributed by atoms with Gasteiger partial charge in [0.1, 0.15) is 11.6 Å². The lowest BCUT2D eigenvalue weighted by Gasteiger charge is -2.40. The van der Waals surface area contributed by atoms with Gasteiger partial charge in [0.05, 0.1) is 30.4 Å². The highest BCUT2D eigenvalue weighted by Crippen LogP contribution is 2.57. The van der Waals surface area contributed by atoms with Gasteiger partial charge in [-0.2, -0.15) is 0 Å². The summed E-state index contributed by atoms with van der Waals surface area (Å²) in [5, 5.41) is 7.82. The molecule has 3 fully saturated rings. The number of ether oxygens (including phenoxy) is 1. The number of hydrogen-bond acceptors (Lipinski definition) is 5. The molecule has 6 rings (SSSR count). The van der Waals surface area contributed by atoms with Gasteiger partial charge in [-0.25, -0.2) is 14.4 Å². The van der Waals surface area contributed by atoms with E-state index in [0.717, 1.165) is 30.7 Å². The Morgan fingerprint density at radius 2 is 1.95 bits per heavy atom. The Balaban J connectivity index is 1.25. The normalized spacial score (nSPS) is 27.0. The van der Waals surface area contributed by atoms with E-state index in [1.54, 1.807) is 23.0 Å². The van der Waals surface area contributed by atoms with Crippen molar-refractivity contribution >= 4 is 22.5 Å². The fourth-order valence-corrected chi connectivity index (χ4v) is 7.55. The molecule has 2 aromatic carbocycles. The van der Waals surface area contributed by atoms with E-state index in [-0.39, 0.29) is 16.8 Å². The zero-order chi connectivity index (χ0) is 29.6. The van der Waals surface area contributed by atoms with Crippen molar-refractivity contribution in [3.63, 3.8) is 0 Å². The lowest BCUT2D eigenvalue weighted by molar-refractivity contribution is 0.180. The van der Waals surface area contributed by atoms with Gasteiger partial charge in [0.25, 0.3) is 5.56 Å². The number of aromatic nitrogens is 2. The van der Waals surface area contributed by atoms with Crippen LogP contribution in [-0.2, 0) is 13.0 Å². The third-order valence-corrected chi connectivity index (χ3v) is 9.82. The standard InChI is InChI=1S/C33H43FN6O2/c1-20-17-40(18-21(2)36-20)32(38-30-23-6-8-24(14-23)33(30,3)4)37-25-9-11-27-29(15-25)35-19-39(31(27)41)13-12-22-7-10-26(42-5)16-28(22)34/h7,9-11,15-16,19-21,23-24,30,36H,6,8,12-14,17-18H2,1-5H3,(H,37,38)/t20-,21+,23-,24+,30?/m0/s1. The summed E-state index contributed by atoms with van der Waals surface area (Å²) < 4.78 is 21.1. The number of piperazine rings is 1. The zero-order valence-electron chi connectivity index (χ0n) is 25.4. The molecule has 1 aliphatic heterocycles. The molecule has 42 heavy (non-hydrogen) atoms. The van der Waals surface area contributed by atoms with E-state index < -0.39 is 0 Å². The molecule has 3 aliphatic rings. The summed E-state index contributed by atoms with van der Waals surface area (Å²) in [7, 11) is 1.51. The maximum Gasteiger partial charge on any atom is 0.261 e. The average Bonchev–Trinajstić information content (AvgIpc) is 3.53. The first-order valence-corrected chi connectivity index (χ1v) is 15.3. The van der Waals surface area contributed by atoms with Gasteiger partial charge < -0.3 is 20.3 Å². The van der Waals surface area contributed by atoms with Crippen molar-refractivity contribution in [2.75, 3.05) is 25.5 Å². The molecule has 1 unspecified atom stereocenters. The van der Waals surface area contributed by atoms with Crippen LogP contribution < -0.4 is 20.9 Å². The van der Waals surface area contributed by atoms with Crippen LogP contribution in [0.4, 0.5) is 10.1 Å². The van der Waals surface area contributed by atoms with Gasteiger partial charge in [-0.3, -0.25) is 9.36 Å². The van der Waals surface area contributed by atoms with Gasteiger partial charge in [-0.15, -0.1) is 0 Å². The van der Waals surface area contributed by atoms with Crippen molar-refractivity contribution in [1.82, 2.24) is 19.8 Å². The number of rotatable bonds is 6. The number of hydrogen-bond donors (Lipinski definition) is 2. The number of nitrogens with one attached hydrogen (secondary N) is 2. The van der Waals surface area contributed by atoms with Crippen LogP contribution in [0.3, 0.4) is 0 Å². The van der Waals surface area contributed by atoms with Crippen LogP contribution in [0.25, 0.3) is 10.9 Å². The SMILES string of the molecule is COc1ccc(CCn2cnc3cc(NC(=NC4[C@H]5CC[C@H](C5)C4(C)C)N4C[C@@H](C)N[C@@H](C)C4)ccc3c2=O)c(F)c1. The maximum atomic E-state index is 14.4. The first-order chi connectivity index (χ1) is 20.1. The third kappa shape index (κ3) is 5.51. The van der Waals surface area contributed by atoms with Gasteiger partial charge in [0.15, 0.2) is 5.96 Å². The Kier molecular flexibility index (Phi) is 7.72. The molecule has 2 saturated carbocycles. The second kappa shape index (κ2) is 11.3. The predicted molar refractivity (Wildman–Crippen MR) is 166 cm³/mol. The zero-order valence-corrected chi connectivity index (χ0v) is 25.4. The predicted octanol–water partition coefficient (Wildman–Crippen LogP) is 5.06. The van der Waals surface area contributed by atoms with Crippen LogP contribution >= 0.6 is 0 Å². The van der Waals surface area contributed by atoms with Gasteiger partial charge >= 0.3 is 0 Å². The Labute approximate surface area is 247 Å². The Hall–Kier alpha value is -3.46. The van der Waals surface area contributed by atoms with Crippen LogP contribution in [-0.4, -0.2) is 58.7 Å². The van der Waals surface area contributed by atoms with E-state index in [1.807, 2.05) is 18.2 Å². The van der Waals surface area contributed by atoms with Gasteiger partial charge in [0.2, 0.25) is 0 Å². The number of aliphatic imine (C=N–C) groups is 1. The third-order valence-electron chi connectivity index (χ3n) is 9.82. The minimum absolute atomic E-state index is 0.136. The molecule has 224 valence electrons. The van der Waals surface area contributed by atoms with E-state index in [9.17, 15) is 9.18 Å². The summed E-state index contributed by atoms with van der Waals surface area (Å²) in [6, 6.07) is 11.5. The topological polar surface area (TPSA) is 83.8 Å². The molecule has 2 heterocycles. The second-order valence-corrected chi connectivity index (χ2v) is 13.2. The molecular weight excluding hydrogens is 531 g/mol. The molecule has 1 aromatic heterocycles. The largest absolute Gasteiger partial charge is 0.497 e. The number of methoxy groups -OCH3 is 1. The van der Waals surface area contributed by atoms with Crippen LogP contribution in [0, 0.1) is 23.1 Å². The van der Waals surface area contributed by atoms with Crippen LogP contribution in [0.2, 0.25) is 0 Å². The molecule has 1 saturated heterocycles. The number of fused-ring (bicyclic) bond motifs is 3. The maximum absolute atomic E-state index is 14.4.